The lowest BCUT2D eigenvalue weighted by Crippen LogP contribution is -2.09. The topological polar surface area (TPSA) is 44.0 Å². The van der Waals surface area contributed by atoms with E-state index in [9.17, 15) is 9.50 Å². The molecule has 1 N–H and O–H groups in total. The van der Waals surface area contributed by atoms with Gasteiger partial charge in [0, 0.05) is 0 Å². The molecule has 0 saturated heterocycles. The minimum atomic E-state index is -0.864. The Labute approximate surface area is 96.5 Å². The zero-order chi connectivity index (χ0) is 11.4. The second kappa shape index (κ2) is 5.24. The van der Waals surface area contributed by atoms with Gasteiger partial charge >= 0.3 is 0 Å². The van der Waals surface area contributed by atoms with Crippen LogP contribution < -0.4 is 0 Å². The van der Waals surface area contributed by atoms with Crippen molar-refractivity contribution in [3.63, 3.8) is 0 Å². The normalized spacial score (nSPS) is 14.3. The maximum absolute atomic E-state index is 12.9. The third-order valence-corrected chi connectivity index (χ3v) is 2.88. The maximum Gasteiger partial charge on any atom is 0.137 e. The SMILES string of the molecule is CCC(C#N)C(O)c1ccc(F)c(Br)c1. The Balaban J connectivity index is 2.97. The molecule has 0 fully saturated rings. The molecule has 0 radical (unpaired) electrons. The summed E-state index contributed by atoms with van der Waals surface area (Å²) in [5.74, 6) is -0.835. The summed E-state index contributed by atoms with van der Waals surface area (Å²) in [4.78, 5) is 0. The quantitative estimate of drug-likeness (QED) is 0.918. The van der Waals surface area contributed by atoms with E-state index in [2.05, 4.69) is 15.9 Å². The van der Waals surface area contributed by atoms with Gasteiger partial charge in [-0.3, -0.25) is 0 Å². The number of rotatable bonds is 3. The van der Waals surface area contributed by atoms with E-state index in [0.29, 0.717) is 16.5 Å². The molecule has 0 aromatic heterocycles. The highest BCUT2D eigenvalue weighted by Crippen LogP contribution is 2.27. The summed E-state index contributed by atoms with van der Waals surface area (Å²) < 4.78 is 13.2. The van der Waals surface area contributed by atoms with Crippen molar-refractivity contribution in [1.29, 1.82) is 5.26 Å². The monoisotopic (exact) mass is 271 g/mol. The average Bonchev–Trinajstić information content (AvgIpc) is 2.23. The Morgan fingerprint density at radius 1 is 1.60 bits per heavy atom. The second-order valence-corrected chi connectivity index (χ2v) is 4.12. The van der Waals surface area contributed by atoms with Crippen LogP contribution in [-0.4, -0.2) is 5.11 Å². The molecule has 0 aliphatic carbocycles. The minimum Gasteiger partial charge on any atom is -0.387 e. The van der Waals surface area contributed by atoms with Crippen LogP contribution in [0.2, 0.25) is 0 Å². The molecule has 0 aliphatic heterocycles. The number of nitriles is 1. The van der Waals surface area contributed by atoms with Crippen molar-refractivity contribution >= 4 is 15.9 Å². The first kappa shape index (κ1) is 12.2. The second-order valence-electron chi connectivity index (χ2n) is 3.26. The van der Waals surface area contributed by atoms with Crippen LogP contribution in [-0.2, 0) is 0 Å². The summed E-state index contributed by atoms with van der Waals surface area (Å²) in [6.07, 6.45) is -0.302. The first-order chi connectivity index (χ1) is 7.10. The van der Waals surface area contributed by atoms with Gasteiger partial charge in [0.1, 0.15) is 5.82 Å². The van der Waals surface area contributed by atoms with Gasteiger partial charge in [-0.1, -0.05) is 13.0 Å². The summed E-state index contributed by atoms with van der Waals surface area (Å²) in [6, 6.07) is 6.29. The Bertz CT molecular complexity index is 389. The summed E-state index contributed by atoms with van der Waals surface area (Å²) >= 11 is 3.04. The molecule has 2 nitrogen and oxygen atoms in total. The van der Waals surface area contributed by atoms with E-state index in [4.69, 9.17) is 5.26 Å². The zero-order valence-corrected chi connectivity index (χ0v) is 9.83. The highest BCUT2D eigenvalue weighted by Gasteiger charge is 2.19. The van der Waals surface area contributed by atoms with Gasteiger partial charge in [-0.25, -0.2) is 4.39 Å². The molecular weight excluding hydrogens is 261 g/mol. The average molecular weight is 272 g/mol. The van der Waals surface area contributed by atoms with Crippen molar-refractivity contribution in [2.45, 2.75) is 19.4 Å². The van der Waals surface area contributed by atoms with Gasteiger partial charge in [0.05, 0.1) is 22.6 Å². The minimum absolute atomic E-state index is 0.298. The van der Waals surface area contributed by atoms with Crippen LogP contribution in [0.4, 0.5) is 4.39 Å². The third-order valence-electron chi connectivity index (χ3n) is 2.27. The fraction of sp³-hybridized carbons (Fsp3) is 0.364. The number of aliphatic hydroxyl groups excluding tert-OH is 1. The molecule has 1 aromatic carbocycles. The lowest BCUT2D eigenvalue weighted by Gasteiger charge is -2.15. The van der Waals surface area contributed by atoms with Gasteiger partial charge in [0.25, 0.3) is 0 Å². The van der Waals surface area contributed by atoms with Gasteiger partial charge in [0.15, 0.2) is 0 Å². The molecule has 1 aromatic rings. The van der Waals surface area contributed by atoms with E-state index < -0.39 is 12.0 Å². The van der Waals surface area contributed by atoms with Gasteiger partial charge in [0.2, 0.25) is 0 Å². The fourth-order valence-electron chi connectivity index (χ4n) is 1.31. The van der Waals surface area contributed by atoms with Gasteiger partial charge in [-0.15, -0.1) is 0 Å². The predicted octanol–water partition coefficient (Wildman–Crippen LogP) is 3.17. The van der Waals surface area contributed by atoms with Gasteiger partial charge in [-0.2, -0.15) is 5.26 Å². The first-order valence-electron chi connectivity index (χ1n) is 4.62. The lowest BCUT2D eigenvalue weighted by atomic mass is 9.95. The van der Waals surface area contributed by atoms with E-state index in [-0.39, 0.29) is 5.82 Å². The molecule has 15 heavy (non-hydrogen) atoms. The summed E-state index contributed by atoms with van der Waals surface area (Å²) in [5.41, 5.74) is 0.552. The van der Waals surface area contributed by atoms with E-state index in [1.807, 2.05) is 13.0 Å². The lowest BCUT2D eigenvalue weighted by molar-refractivity contribution is 0.132. The molecule has 80 valence electrons. The number of hydrogen-bond acceptors (Lipinski definition) is 2. The highest BCUT2D eigenvalue weighted by molar-refractivity contribution is 9.10. The zero-order valence-electron chi connectivity index (χ0n) is 8.24. The van der Waals surface area contributed by atoms with Crippen LogP contribution in [0.1, 0.15) is 25.0 Å². The molecular formula is C11H11BrFNO. The Hall–Kier alpha value is -0.920. The Kier molecular flexibility index (Phi) is 4.25. The fourth-order valence-corrected chi connectivity index (χ4v) is 1.71. The highest BCUT2D eigenvalue weighted by atomic mass is 79.9. The van der Waals surface area contributed by atoms with Crippen LogP contribution in [0.25, 0.3) is 0 Å². The number of nitrogens with zero attached hydrogens (tertiary/aromatic N) is 1. The van der Waals surface area contributed by atoms with Crippen molar-refractivity contribution in [1.82, 2.24) is 0 Å². The van der Waals surface area contributed by atoms with Crippen LogP contribution >= 0.6 is 15.9 Å². The number of hydrogen-bond donors (Lipinski definition) is 1. The smallest absolute Gasteiger partial charge is 0.137 e. The van der Waals surface area contributed by atoms with Crippen molar-refractivity contribution in [2.75, 3.05) is 0 Å². The maximum atomic E-state index is 12.9. The van der Waals surface area contributed by atoms with Crippen LogP contribution in [0.15, 0.2) is 22.7 Å². The van der Waals surface area contributed by atoms with E-state index in [1.54, 1.807) is 0 Å². The first-order valence-corrected chi connectivity index (χ1v) is 5.42. The van der Waals surface area contributed by atoms with E-state index >= 15 is 0 Å². The van der Waals surface area contributed by atoms with Crippen molar-refractivity contribution in [3.8, 4) is 6.07 Å². The van der Waals surface area contributed by atoms with Crippen LogP contribution in [0, 0.1) is 23.1 Å². The largest absolute Gasteiger partial charge is 0.387 e. The Morgan fingerprint density at radius 3 is 2.73 bits per heavy atom. The number of halogens is 2. The molecule has 2 unspecified atom stereocenters. The molecule has 0 spiro atoms. The van der Waals surface area contributed by atoms with E-state index in [0.717, 1.165) is 0 Å². The van der Waals surface area contributed by atoms with Crippen molar-refractivity contribution in [3.05, 3.63) is 34.1 Å². The standard InChI is InChI=1S/C11H11BrFNO/c1-2-7(6-14)11(15)8-3-4-10(13)9(12)5-8/h3-5,7,11,15H,2H2,1H3. The summed E-state index contributed by atoms with van der Waals surface area (Å²) in [6.45, 7) is 1.83. The van der Waals surface area contributed by atoms with E-state index in [1.165, 1.54) is 18.2 Å². The molecule has 0 heterocycles. The van der Waals surface area contributed by atoms with Gasteiger partial charge < -0.3 is 5.11 Å². The molecule has 2 atom stereocenters. The van der Waals surface area contributed by atoms with Crippen LogP contribution in [0.5, 0.6) is 0 Å². The molecule has 0 bridgehead atoms. The molecule has 1 rings (SSSR count). The number of benzene rings is 1. The Morgan fingerprint density at radius 2 is 2.27 bits per heavy atom. The molecule has 0 saturated carbocycles. The third kappa shape index (κ3) is 2.77. The predicted molar refractivity (Wildman–Crippen MR) is 58.5 cm³/mol. The summed E-state index contributed by atoms with van der Waals surface area (Å²) in [5, 5.41) is 18.6. The number of aliphatic hydroxyl groups is 1. The van der Waals surface area contributed by atoms with Crippen LogP contribution in [0.3, 0.4) is 0 Å². The summed E-state index contributed by atoms with van der Waals surface area (Å²) in [7, 11) is 0. The molecule has 4 heteroatoms. The van der Waals surface area contributed by atoms with Crippen molar-refractivity contribution in [2.24, 2.45) is 5.92 Å². The molecule has 0 amide bonds. The van der Waals surface area contributed by atoms with Crippen molar-refractivity contribution < 1.29 is 9.50 Å². The molecule has 0 aliphatic rings. The van der Waals surface area contributed by atoms with Gasteiger partial charge in [-0.05, 0) is 40.0 Å².